The molecule has 1 aromatic carbocycles. The second-order valence-electron chi connectivity index (χ2n) is 4.94. The van der Waals surface area contributed by atoms with Crippen molar-refractivity contribution in [3.63, 3.8) is 0 Å². The first kappa shape index (κ1) is 9.01. The van der Waals surface area contributed by atoms with E-state index < -0.39 is 8.07 Å². The minimum atomic E-state index is -1.04. The van der Waals surface area contributed by atoms with Gasteiger partial charge in [-0.15, -0.1) is 0 Å². The molecule has 70 valence electrons. The van der Waals surface area contributed by atoms with E-state index in [1.54, 1.807) is 10.8 Å². The minimum Gasteiger partial charge on any atom is -0.0654 e. The normalized spacial score (nSPS) is 18.8. The van der Waals surface area contributed by atoms with Gasteiger partial charge in [-0.05, 0) is 37.4 Å². The average molecular weight is 190 g/mol. The van der Waals surface area contributed by atoms with Crippen molar-refractivity contribution < 1.29 is 0 Å². The molecule has 0 fully saturated rings. The molecule has 13 heavy (non-hydrogen) atoms. The van der Waals surface area contributed by atoms with Crippen LogP contribution in [0, 0.1) is 13.8 Å². The maximum atomic E-state index is 2.51. The second kappa shape index (κ2) is 2.71. The van der Waals surface area contributed by atoms with Crippen molar-refractivity contribution in [2.24, 2.45) is 0 Å². The first-order valence-corrected chi connectivity index (χ1v) is 8.32. The summed E-state index contributed by atoms with van der Waals surface area (Å²) >= 11 is 0. The fourth-order valence-corrected chi connectivity index (χ4v) is 6.11. The van der Waals surface area contributed by atoms with Crippen LogP contribution in [0.3, 0.4) is 0 Å². The molecule has 0 atom stereocenters. The number of aryl methyl sites for hydroxylation is 2. The largest absolute Gasteiger partial charge is 0.0816 e. The van der Waals surface area contributed by atoms with Crippen molar-refractivity contribution in [1.82, 2.24) is 0 Å². The van der Waals surface area contributed by atoms with Gasteiger partial charge in [-0.1, -0.05) is 36.0 Å². The highest BCUT2D eigenvalue weighted by Gasteiger charge is 2.33. The Morgan fingerprint density at radius 1 is 1.08 bits per heavy atom. The zero-order chi connectivity index (χ0) is 9.64. The lowest BCUT2D eigenvalue weighted by Crippen LogP contribution is -2.39. The Bertz CT molecular complexity index is 350. The lowest BCUT2D eigenvalue weighted by Gasteiger charge is -2.19. The van der Waals surface area contributed by atoms with E-state index in [4.69, 9.17) is 0 Å². The van der Waals surface area contributed by atoms with Gasteiger partial charge in [0, 0.05) is 0 Å². The molecule has 0 saturated carbocycles. The van der Waals surface area contributed by atoms with Gasteiger partial charge in [-0.3, -0.25) is 0 Å². The van der Waals surface area contributed by atoms with E-state index in [0.717, 1.165) is 0 Å². The van der Waals surface area contributed by atoms with Gasteiger partial charge < -0.3 is 0 Å². The van der Waals surface area contributed by atoms with Crippen LogP contribution in [-0.4, -0.2) is 8.07 Å². The van der Waals surface area contributed by atoms with Gasteiger partial charge in [-0.25, -0.2) is 0 Å². The Balaban J connectivity index is 2.70. The summed E-state index contributed by atoms with van der Waals surface area (Å²) in [7, 11) is -1.04. The first-order valence-electron chi connectivity index (χ1n) is 5.12. The van der Waals surface area contributed by atoms with Crippen LogP contribution in [-0.2, 0) is 6.42 Å². The molecule has 0 N–H and O–H groups in total. The fourth-order valence-electron chi connectivity index (χ4n) is 2.70. The number of hydrogen-bond donors (Lipinski definition) is 0. The highest BCUT2D eigenvalue weighted by molar-refractivity contribution is 6.91. The molecular weight excluding hydrogens is 172 g/mol. The molecule has 0 unspecified atom stereocenters. The van der Waals surface area contributed by atoms with Crippen molar-refractivity contribution in [2.45, 2.75) is 39.4 Å². The Kier molecular flexibility index (Phi) is 1.88. The summed E-state index contributed by atoms with van der Waals surface area (Å²) in [6.07, 6.45) is 1.34. The lowest BCUT2D eigenvalue weighted by atomic mass is 10.0. The Morgan fingerprint density at radius 3 is 2.31 bits per heavy atom. The van der Waals surface area contributed by atoms with E-state index >= 15 is 0 Å². The predicted molar refractivity (Wildman–Crippen MR) is 61.5 cm³/mol. The van der Waals surface area contributed by atoms with Gasteiger partial charge in [-0.2, -0.15) is 0 Å². The Hall–Kier alpha value is -0.563. The summed E-state index contributed by atoms with van der Waals surface area (Å²) in [4.78, 5) is 0. The number of benzene rings is 1. The summed E-state index contributed by atoms with van der Waals surface area (Å²) in [6.45, 7) is 9.54. The van der Waals surface area contributed by atoms with Crippen LogP contribution in [0.2, 0.25) is 19.1 Å². The maximum absolute atomic E-state index is 2.51. The van der Waals surface area contributed by atoms with E-state index in [2.05, 4.69) is 39.1 Å². The first-order chi connectivity index (χ1) is 6.02. The Labute approximate surface area is 82.0 Å². The van der Waals surface area contributed by atoms with E-state index in [9.17, 15) is 0 Å². The quantitative estimate of drug-likeness (QED) is 0.552. The Morgan fingerprint density at radius 2 is 1.69 bits per heavy atom. The van der Waals surface area contributed by atoms with Crippen molar-refractivity contribution in [3.8, 4) is 0 Å². The third-order valence-corrected chi connectivity index (χ3v) is 6.98. The van der Waals surface area contributed by atoms with Crippen molar-refractivity contribution in [2.75, 3.05) is 0 Å². The highest BCUT2D eigenvalue weighted by Crippen LogP contribution is 2.27. The van der Waals surface area contributed by atoms with Crippen LogP contribution in [0.15, 0.2) is 12.1 Å². The summed E-state index contributed by atoms with van der Waals surface area (Å²) < 4.78 is 0. The molecule has 0 aromatic heterocycles. The molecule has 1 heterocycles. The smallest absolute Gasteiger partial charge is 0.0654 e. The molecule has 1 aliphatic rings. The molecule has 1 heteroatoms. The second-order valence-corrected chi connectivity index (χ2v) is 9.70. The molecule has 0 aliphatic carbocycles. The summed E-state index contributed by atoms with van der Waals surface area (Å²) in [5, 5.41) is 1.76. The van der Waals surface area contributed by atoms with E-state index in [1.807, 2.05) is 0 Å². The van der Waals surface area contributed by atoms with E-state index in [0.29, 0.717) is 0 Å². The third kappa shape index (κ3) is 1.26. The molecule has 0 nitrogen and oxygen atoms in total. The van der Waals surface area contributed by atoms with Gasteiger partial charge in [0.25, 0.3) is 0 Å². The van der Waals surface area contributed by atoms with Crippen LogP contribution in [0.25, 0.3) is 0 Å². The minimum absolute atomic E-state index is 1.04. The highest BCUT2D eigenvalue weighted by atomic mass is 28.3. The molecule has 0 saturated heterocycles. The van der Waals surface area contributed by atoms with Gasteiger partial charge >= 0.3 is 0 Å². The summed E-state index contributed by atoms with van der Waals surface area (Å²) in [5.74, 6) is 0. The monoisotopic (exact) mass is 190 g/mol. The van der Waals surface area contributed by atoms with E-state index in [-0.39, 0.29) is 0 Å². The summed E-state index contributed by atoms with van der Waals surface area (Å²) in [5.41, 5.74) is 4.73. The van der Waals surface area contributed by atoms with Gasteiger partial charge in [0.1, 0.15) is 0 Å². The number of hydrogen-bond acceptors (Lipinski definition) is 0. The molecule has 1 aliphatic heterocycles. The van der Waals surface area contributed by atoms with Gasteiger partial charge in [0.05, 0.1) is 8.07 Å². The maximum Gasteiger partial charge on any atom is 0.0816 e. The zero-order valence-electron chi connectivity index (χ0n) is 9.07. The average Bonchev–Trinajstić information content (AvgIpc) is 2.36. The van der Waals surface area contributed by atoms with Crippen molar-refractivity contribution in [3.05, 3.63) is 28.8 Å². The third-order valence-electron chi connectivity index (χ3n) is 3.43. The van der Waals surface area contributed by atoms with Crippen LogP contribution in [0.4, 0.5) is 0 Å². The molecule has 2 rings (SSSR count). The van der Waals surface area contributed by atoms with Gasteiger partial charge in [0.15, 0.2) is 0 Å². The van der Waals surface area contributed by atoms with Crippen LogP contribution in [0.5, 0.6) is 0 Å². The van der Waals surface area contributed by atoms with Crippen molar-refractivity contribution in [1.29, 1.82) is 0 Å². The van der Waals surface area contributed by atoms with Crippen LogP contribution < -0.4 is 5.19 Å². The number of fused-ring (bicyclic) bond motifs is 1. The molecule has 0 amide bonds. The predicted octanol–water partition coefficient (Wildman–Crippen LogP) is 2.77. The standard InChI is InChI=1S/C12H18Si/c1-9-5-6-10(2)12-11(9)7-8-13(12,3)4/h5-6H,7-8H2,1-4H3. The lowest BCUT2D eigenvalue weighted by molar-refractivity contribution is 1.13. The number of rotatable bonds is 0. The fraction of sp³-hybridized carbons (Fsp3) is 0.500. The van der Waals surface area contributed by atoms with Crippen LogP contribution >= 0.6 is 0 Å². The van der Waals surface area contributed by atoms with Crippen LogP contribution in [0.1, 0.15) is 16.7 Å². The summed E-state index contributed by atoms with van der Waals surface area (Å²) in [6, 6.07) is 6.03. The molecule has 1 aromatic rings. The van der Waals surface area contributed by atoms with Crippen molar-refractivity contribution >= 4 is 13.3 Å². The SMILES string of the molecule is Cc1ccc(C)c2c1CC[Si]2(C)C. The molecular formula is C12H18Si. The molecule has 0 spiro atoms. The zero-order valence-corrected chi connectivity index (χ0v) is 10.1. The van der Waals surface area contributed by atoms with E-state index in [1.165, 1.54) is 23.6 Å². The topological polar surface area (TPSA) is 0 Å². The van der Waals surface area contributed by atoms with Gasteiger partial charge in [0.2, 0.25) is 0 Å². The molecule has 0 radical (unpaired) electrons. The molecule has 0 bridgehead atoms.